The van der Waals surface area contributed by atoms with Gasteiger partial charge in [0, 0.05) is 18.2 Å². The molecule has 19 heavy (non-hydrogen) atoms. The molecule has 0 radical (unpaired) electrons. The fraction of sp³-hybridized carbons (Fsp3) is 0.667. The molecule has 0 amide bonds. The van der Waals surface area contributed by atoms with Crippen molar-refractivity contribution >= 4 is 5.84 Å². The summed E-state index contributed by atoms with van der Waals surface area (Å²) >= 11 is 0. The predicted molar refractivity (Wildman–Crippen MR) is 79.5 cm³/mol. The van der Waals surface area contributed by atoms with Crippen LogP contribution in [-0.2, 0) is 0 Å². The summed E-state index contributed by atoms with van der Waals surface area (Å²) in [5, 5.41) is 0. The largest absolute Gasteiger partial charge is 0.387 e. The van der Waals surface area contributed by atoms with Crippen LogP contribution in [0.3, 0.4) is 0 Å². The molecular weight excluding hydrogens is 236 g/mol. The molecule has 1 saturated heterocycles. The molecule has 0 aromatic rings. The van der Waals surface area contributed by atoms with Crippen LogP contribution in [-0.4, -0.2) is 35.9 Å². The Bertz CT molecular complexity index is 447. The molecule has 0 saturated carbocycles. The maximum atomic E-state index is 6.49. The van der Waals surface area contributed by atoms with E-state index in [2.05, 4.69) is 35.6 Å². The summed E-state index contributed by atoms with van der Waals surface area (Å²) in [6.07, 6.45) is 4.92. The van der Waals surface area contributed by atoms with Crippen LogP contribution in [0.1, 0.15) is 33.1 Å². The lowest BCUT2D eigenvalue weighted by atomic mass is 9.77. The van der Waals surface area contributed by atoms with Crippen molar-refractivity contribution < 1.29 is 0 Å². The molecule has 2 rings (SSSR count). The van der Waals surface area contributed by atoms with E-state index in [-0.39, 0.29) is 5.92 Å². The second-order valence-electron chi connectivity index (χ2n) is 5.82. The van der Waals surface area contributed by atoms with Crippen molar-refractivity contribution in [1.82, 2.24) is 4.90 Å². The normalized spacial score (nSPS) is 27.8. The highest BCUT2D eigenvalue weighted by Crippen LogP contribution is 2.29. The molecule has 4 N–H and O–H groups in total. The van der Waals surface area contributed by atoms with Gasteiger partial charge in [-0.3, -0.25) is 4.90 Å². The van der Waals surface area contributed by atoms with E-state index in [1.165, 1.54) is 12.8 Å². The van der Waals surface area contributed by atoms with Crippen molar-refractivity contribution in [1.29, 1.82) is 0 Å². The Morgan fingerprint density at radius 1 is 1.42 bits per heavy atom. The second kappa shape index (κ2) is 5.77. The molecule has 0 aliphatic carbocycles. The fourth-order valence-electron chi connectivity index (χ4n) is 2.56. The van der Waals surface area contributed by atoms with E-state index in [1.807, 2.05) is 0 Å². The fourth-order valence-corrected chi connectivity index (χ4v) is 2.56. The summed E-state index contributed by atoms with van der Waals surface area (Å²) in [5.41, 5.74) is 12.7. The summed E-state index contributed by atoms with van der Waals surface area (Å²) in [6.45, 7) is 7.36. The number of nitrogens with two attached hydrogens (primary N) is 2. The molecule has 0 aromatic carbocycles. The quantitative estimate of drug-likeness (QED) is 0.730. The van der Waals surface area contributed by atoms with Gasteiger partial charge in [-0.15, -0.1) is 0 Å². The Kier molecular flexibility index (Phi) is 4.28. The average Bonchev–Trinajstić information content (AvgIpc) is 2.85. The maximum absolute atomic E-state index is 6.49. The second-order valence-corrected chi connectivity index (χ2v) is 5.82. The molecule has 2 heterocycles. The van der Waals surface area contributed by atoms with Gasteiger partial charge in [-0.05, 0) is 31.8 Å². The minimum absolute atomic E-state index is 0.286. The average molecular weight is 260 g/mol. The molecule has 1 unspecified atom stereocenters. The maximum Gasteiger partial charge on any atom is 0.101 e. The Labute approximate surface area is 115 Å². The molecule has 1 fully saturated rings. The Morgan fingerprint density at radius 3 is 2.74 bits per heavy atom. The Balaban J connectivity index is 2.09. The van der Waals surface area contributed by atoms with Crippen LogP contribution in [0.15, 0.2) is 16.8 Å². The zero-order valence-corrected chi connectivity index (χ0v) is 11.9. The number of aliphatic imine (C=N–C) groups is 1. The minimum atomic E-state index is -0.468. The number of rotatable bonds is 2. The van der Waals surface area contributed by atoms with Gasteiger partial charge in [0.2, 0.25) is 0 Å². The van der Waals surface area contributed by atoms with Crippen molar-refractivity contribution in [2.75, 3.05) is 19.6 Å². The first-order chi connectivity index (χ1) is 9.02. The van der Waals surface area contributed by atoms with Crippen molar-refractivity contribution in [3.05, 3.63) is 11.8 Å². The molecule has 0 spiro atoms. The molecule has 2 aliphatic rings. The lowest BCUT2D eigenvalue weighted by Crippen LogP contribution is -2.50. The highest BCUT2D eigenvalue weighted by atomic mass is 15.1. The van der Waals surface area contributed by atoms with Gasteiger partial charge in [-0.2, -0.15) is 0 Å². The molecule has 4 nitrogen and oxygen atoms in total. The topological polar surface area (TPSA) is 67.6 Å². The highest BCUT2D eigenvalue weighted by Gasteiger charge is 2.35. The smallest absolute Gasteiger partial charge is 0.101 e. The van der Waals surface area contributed by atoms with Gasteiger partial charge in [0.15, 0.2) is 0 Å². The first-order valence-corrected chi connectivity index (χ1v) is 7.05. The highest BCUT2D eigenvalue weighted by molar-refractivity contribution is 5.84. The monoisotopic (exact) mass is 260 g/mol. The summed E-state index contributed by atoms with van der Waals surface area (Å²) in [7, 11) is 0. The van der Waals surface area contributed by atoms with E-state index in [4.69, 9.17) is 11.5 Å². The standard InChI is InChI=1S/C15H24N4/c1-12(2)15(17)10-14(16)18-11-13(15)6-5-9-19-7-3-4-8-19/h11-12H,3-4,7-10,17H2,1-2H3,(H2,16,18). The third-order valence-corrected chi connectivity index (χ3v) is 4.09. The summed E-state index contributed by atoms with van der Waals surface area (Å²) in [4.78, 5) is 6.55. The third-order valence-electron chi connectivity index (χ3n) is 4.09. The van der Waals surface area contributed by atoms with Gasteiger partial charge in [0.05, 0.1) is 12.1 Å². The predicted octanol–water partition coefficient (Wildman–Crippen LogP) is 1.08. The summed E-state index contributed by atoms with van der Waals surface area (Å²) in [6, 6.07) is 0. The van der Waals surface area contributed by atoms with E-state index in [9.17, 15) is 0 Å². The van der Waals surface area contributed by atoms with Crippen molar-refractivity contribution in [3.8, 4) is 11.8 Å². The lowest BCUT2D eigenvalue weighted by molar-refractivity contribution is 0.377. The zero-order chi connectivity index (χ0) is 13.9. The number of hydrogen-bond donors (Lipinski definition) is 2. The van der Waals surface area contributed by atoms with E-state index < -0.39 is 5.54 Å². The van der Waals surface area contributed by atoms with Crippen LogP contribution in [0.2, 0.25) is 0 Å². The van der Waals surface area contributed by atoms with Crippen LogP contribution in [0.4, 0.5) is 0 Å². The van der Waals surface area contributed by atoms with E-state index in [0.29, 0.717) is 12.3 Å². The summed E-state index contributed by atoms with van der Waals surface area (Å²) in [5.74, 6) is 7.35. The van der Waals surface area contributed by atoms with Gasteiger partial charge in [-0.1, -0.05) is 25.7 Å². The molecular formula is C15H24N4. The van der Waals surface area contributed by atoms with Gasteiger partial charge in [0.1, 0.15) is 5.84 Å². The first kappa shape index (κ1) is 14.1. The lowest BCUT2D eigenvalue weighted by Gasteiger charge is -2.35. The van der Waals surface area contributed by atoms with Gasteiger partial charge < -0.3 is 11.5 Å². The minimum Gasteiger partial charge on any atom is -0.387 e. The van der Waals surface area contributed by atoms with Gasteiger partial charge in [-0.25, -0.2) is 4.99 Å². The molecule has 1 atom stereocenters. The van der Waals surface area contributed by atoms with Crippen LogP contribution in [0, 0.1) is 17.8 Å². The SMILES string of the molecule is CC(C)C1(N)CC(N)=NC=C1C#CCN1CCCC1. The zero-order valence-electron chi connectivity index (χ0n) is 11.9. The molecule has 4 heteroatoms. The first-order valence-electron chi connectivity index (χ1n) is 7.05. The molecule has 104 valence electrons. The van der Waals surface area contributed by atoms with Gasteiger partial charge in [0.25, 0.3) is 0 Å². The number of amidine groups is 1. The number of nitrogens with zero attached hydrogens (tertiary/aromatic N) is 2. The number of hydrogen-bond acceptors (Lipinski definition) is 4. The van der Waals surface area contributed by atoms with Crippen molar-refractivity contribution in [2.24, 2.45) is 22.4 Å². The van der Waals surface area contributed by atoms with Gasteiger partial charge >= 0.3 is 0 Å². The molecule has 2 aliphatic heterocycles. The van der Waals surface area contributed by atoms with Crippen LogP contribution < -0.4 is 11.5 Å². The van der Waals surface area contributed by atoms with Crippen LogP contribution >= 0.6 is 0 Å². The Hall–Kier alpha value is -1.31. The Morgan fingerprint density at radius 2 is 2.11 bits per heavy atom. The number of likely N-dealkylation sites (tertiary alicyclic amines) is 1. The summed E-state index contributed by atoms with van der Waals surface area (Å²) < 4.78 is 0. The van der Waals surface area contributed by atoms with Crippen molar-refractivity contribution in [2.45, 2.75) is 38.6 Å². The molecule has 0 aromatic heterocycles. The third kappa shape index (κ3) is 3.17. The van der Waals surface area contributed by atoms with Crippen LogP contribution in [0.5, 0.6) is 0 Å². The van der Waals surface area contributed by atoms with Crippen molar-refractivity contribution in [3.63, 3.8) is 0 Å². The van der Waals surface area contributed by atoms with E-state index >= 15 is 0 Å². The van der Waals surface area contributed by atoms with E-state index in [0.717, 1.165) is 25.2 Å². The molecule has 0 bridgehead atoms. The van der Waals surface area contributed by atoms with Crippen LogP contribution in [0.25, 0.3) is 0 Å². The van der Waals surface area contributed by atoms with E-state index in [1.54, 1.807) is 6.20 Å².